The number of aliphatic hydroxyl groups excluding tert-OH is 2. The minimum absolute atomic E-state index is 0.183. The molecule has 1 aromatic rings. The number of fused-ring (bicyclic) bond motifs is 3. The van der Waals surface area contributed by atoms with Gasteiger partial charge in [-0.1, -0.05) is 19.1 Å². The van der Waals surface area contributed by atoms with Crippen molar-refractivity contribution >= 4 is 29.4 Å². The fraction of sp³-hybridized carbons (Fsp3) is 0.375. The van der Waals surface area contributed by atoms with E-state index in [-0.39, 0.29) is 5.56 Å². The summed E-state index contributed by atoms with van der Waals surface area (Å²) in [5.41, 5.74) is 0.896. The van der Waals surface area contributed by atoms with E-state index in [1.807, 2.05) is 0 Å². The van der Waals surface area contributed by atoms with Crippen molar-refractivity contribution in [2.24, 2.45) is 17.6 Å². The summed E-state index contributed by atoms with van der Waals surface area (Å²) < 4.78 is 5.53. The summed E-state index contributed by atoms with van der Waals surface area (Å²) in [6.45, 7) is 1.61. The van der Waals surface area contributed by atoms with Crippen LogP contribution in [0.3, 0.4) is 0 Å². The molecule has 0 fully saturated rings. The first-order chi connectivity index (χ1) is 16.8. The lowest BCUT2D eigenvalue weighted by molar-refractivity contribution is -0.175. The zero-order valence-corrected chi connectivity index (χ0v) is 18.9. The van der Waals surface area contributed by atoms with Crippen molar-refractivity contribution in [3.8, 4) is 5.75 Å². The number of esters is 1. The van der Waals surface area contributed by atoms with Gasteiger partial charge in [-0.05, 0) is 17.5 Å². The van der Waals surface area contributed by atoms with E-state index in [2.05, 4.69) is 0 Å². The molecule has 0 heterocycles. The topological polar surface area (TPSA) is 222 Å². The number of aromatic hydroxyl groups is 1. The molecule has 0 saturated heterocycles. The van der Waals surface area contributed by atoms with Crippen molar-refractivity contribution < 1.29 is 54.2 Å². The van der Waals surface area contributed by atoms with E-state index in [0.29, 0.717) is 5.56 Å². The van der Waals surface area contributed by atoms with Crippen molar-refractivity contribution in [1.29, 1.82) is 0 Å². The zero-order chi connectivity index (χ0) is 26.7. The summed E-state index contributed by atoms with van der Waals surface area (Å²) in [4.78, 5) is 62.1. The van der Waals surface area contributed by atoms with Crippen LogP contribution >= 0.6 is 0 Å². The van der Waals surface area contributed by atoms with Crippen LogP contribution in [0.25, 0.3) is 0 Å². The number of aliphatic carboxylic acids is 1. The summed E-state index contributed by atoms with van der Waals surface area (Å²) in [7, 11) is 0. The number of amides is 1. The average molecular weight is 501 g/mol. The van der Waals surface area contributed by atoms with E-state index in [1.54, 1.807) is 13.0 Å². The van der Waals surface area contributed by atoms with Crippen LogP contribution in [0, 0.1) is 11.8 Å². The average Bonchev–Trinajstić information content (AvgIpc) is 2.79. The highest BCUT2D eigenvalue weighted by atomic mass is 16.5. The predicted octanol–water partition coefficient (Wildman–Crippen LogP) is 0.528. The molecule has 7 N–H and O–H groups in total. The van der Waals surface area contributed by atoms with Crippen molar-refractivity contribution in [3.05, 3.63) is 52.0 Å². The number of carbonyl (C=O) groups is 5. The van der Waals surface area contributed by atoms with Gasteiger partial charge in [-0.25, -0.2) is 0 Å². The number of nitrogens with two attached hydrogens (primary N) is 1. The van der Waals surface area contributed by atoms with E-state index in [1.165, 1.54) is 12.1 Å². The Kier molecular flexibility index (Phi) is 5.87. The molecule has 0 radical (unpaired) electrons. The Labute approximate surface area is 203 Å². The highest BCUT2D eigenvalue weighted by Gasteiger charge is 2.65. The first-order valence-corrected chi connectivity index (χ1v) is 11.0. The summed E-state index contributed by atoms with van der Waals surface area (Å²) in [6.07, 6.45) is -3.30. The second-order valence-electron chi connectivity index (χ2n) is 9.09. The van der Waals surface area contributed by atoms with Gasteiger partial charge in [0.05, 0.1) is 18.4 Å². The van der Waals surface area contributed by atoms with Crippen molar-refractivity contribution in [2.45, 2.75) is 43.8 Å². The number of rotatable bonds is 5. The van der Waals surface area contributed by atoms with E-state index in [9.17, 15) is 44.4 Å². The number of primary amides is 1. The Balaban J connectivity index is 1.95. The number of carboxylic acids is 1. The quantitative estimate of drug-likeness (QED) is 0.241. The van der Waals surface area contributed by atoms with Crippen LogP contribution < -0.4 is 5.73 Å². The van der Waals surface area contributed by atoms with Crippen LogP contribution in [0.15, 0.2) is 40.9 Å². The Morgan fingerprint density at radius 1 is 1.14 bits per heavy atom. The molecule has 0 aromatic heterocycles. The molecular weight excluding hydrogens is 478 g/mol. The van der Waals surface area contributed by atoms with Crippen LogP contribution in [0.5, 0.6) is 5.75 Å². The molecule has 5 atom stereocenters. The van der Waals surface area contributed by atoms with Gasteiger partial charge in [-0.15, -0.1) is 0 Å². The number of hydrogen-bond acceptors (Lipinski definition) is 10. The van der Waals surface area contributed by atoms with Crippen molar-refractivity contribution in [2.75, 3.05) is 0 Å². The number of ether oxygens (including phenoxy) is 1. The standard InChI is InChI=1S/C24H23NO11/c1-8-9-3-2-4-11(26)16(9)19(31)18-15(8)20(36-14(30)6-5-13(28)29)10-7-12(27)17(23(25)34)21(32)24(10,35)22(18)33/h2-4,8,10,15,20,26-27,33,35H,5-7H2,1H3,(H2,25,34)(H,28,29)/t8-,10+,15+,20+,24?/m0/s1. The highest BCUT2D eigenvalue weighted by molar-refractivity contribution is 6.24. The van der Waals surface area contributed by atoms with Gasteiger partial charge in [-0.2, -0.15) is 0 Å². The number of phenolic OH excluding ortho intramolecular Hbond substituents is 1. The Morgan fingerprint density at radius 2 is 1.81 bits per heavy atom. The first-order valence-electron chi connectivity index (χ1n) is 11.0. The molecule has 36 heavy (non-hydrogen) atoms. The minimum atomic E-state index is -2.97. The van der Waals surface area contributed by atoms with Crippen LogP contribution in [-0.2, 0) is 23.9 Å². The largest absolute Gasteiger partial charge is 0.511 e. The molecular formula is C24H23NO11. The van der Waals surface area contributed by atoms with Crippen molar-refractivity contribution in [3.63, 3.8) is 0 Å². The van der Waals surface area contributed by atoms with Gasteiger partial charge in [0.1, 0.15) is 28.9 Å². The SMILES string of the molecule is C[C@H]1c2cccc(O)c2C(=O)C2=C(O)C3(O)C(=O)C(C(N)=O)=C(O)C[C@@H]3[C@@H](OC(=O)CCC(=O)O)[C@@H]21. The summed E-state index contributed by atoms with van der Waals surface area (Å²) >= 11 is 0. The Morgan fingerprint density at radius 3 is 2.42 bits per heavy atom. The molecule has 1 aromatic carbocycles. The lowest BCUT2D eigenvalue weighted by Crippen LogP contribution is -2.63. The normalized spacial score (nSPS) is 29.3. The number of benzene rings is 1. The molecule has 0 spiro atoms. The third kappa shape index (κ3) is 3.44. The number of carbonyl (C=O) groups excluding carboxylic acids is 4. The second kappa shape index (κ2) is 8.48. The van der Waals surface area contributed by atoms with Crippen molar-refractivity contribution in [1.82, 2.24) is 0 Å². The van der Waals surface area contributed by atoms with Gasteiger partial charge in [0.2, 0.25) is 5.78 Å². The number of hydrogen-bond donors (Lipinski definition) is 6. The lowest BCUT2D eigenvalue weighted by Gasteiger charge is -2.51. The Hall–Kier alpha value is -4.19. The van der Waals surface area contributed by atoms with Crippen LogP contribution in [0.4, 0.5) is 0 Å². The van der Waals surface area contributed by atoms with E-state index in [4.69, 9.17) is 15.6 Å². The molecule has 12 heteroatoms. The van der Waals surface area contributed by atoms with Crippen LogP contribution in [0.2, 0.25) is 0 Å². The van der Waals surface area contributed by atoms with E-state index in [0.717, 1.165) is 0 Å². The Bertz CT molecular complexity index is 1290. The van der Waals surface area contributed by atoms with E-state index >= 15 is 0 Å². The molecule has 1 amide bonds. The summed E-state index contributed by atoms with van der Waals surface area (Å²) in [6, 6.07) is 4.27. The second-order valence-corrected chi connectivity index (χ2v) is 9.09. The summed E-state index contributed by atoms with van der Waals surface area (Å²) in [5.74, 6) is -11.8. The fourth-order valence-electron chi connectivity index (χ4n) is 5.50. The number of carboxylic acid groups (broad SMARTS) is 1. The molecule has 0 bridgehead atoms. The van der Waals surface area contributed by atoms with Gasteiger partial charge in [-0.3, -0.25) is 24.0 Å². The van der Waals surface area contributed by atoms with Gasteiger partial charge in [0, 0.05) is 23.8 Å². The van der Waals surface area contributed by atoms with Gasteiger partial charge in [0.25, 0.3) is 5.91 Å². The summed E-state index contributed by atoms with van der Waals surface area (Å²) in [5, 5.41) is 52.4. The first kappa shape index (κ1) is 24.9. The third-order valence-corrected chi connectivity index (χ3v) is 7.14. The third-order valence-electron chi connectivity index (χ3n) is 7.14. The van der Waals surface area contributed by atoms with Crippen LogP contribution in [-0.4, -0.2) is 66.6 Å². The number of phenols is 1. The maximum Gasteiger partial charge on any atom is 0.306 e. The molecule has 4 rings (SSSR count). The molecule has 3 aliphatic carbocycles. The van der Waals surface area contributed by atoms with Gasteiger partial charge in [0.15, 0.2) is 11.4 Å². The number of Topliss-reactive ketones (excluding diaryl/α,β-unsaturated/α-hetero) is 2. The lowest BCUT2D eigenvalue weighted by atomic mass is 9.56. The molecule has 3 aliphatic rings. The zero-order valence-electron chi connectivity index (χ0n) is 18.9. The molecule has 12 nitrogen and oxygen atoms in total. The fourth-order valence-corrected chi connectivity index (χ4v) is 5.50. The van der Waals surface area contributed by atoms with Crippen LogP contribution in [0.1, 0.15) is 48.0 Å². The highest BCUT2D eigenvalue weighted by Crippen LogP contribution is 2.55. The smallest absolute Gasteiger partial charge is 0.306 e. The van der Waals surface area contributed by atoms with Gasteiger partial charge < -0.3 is 36.0 Å². The molecule has 1 unspecified atom stereocenters. The monoisotopic (exact) mass is 501 g/mol. The molecule has 0 saturated carbocycles. The number of allylic oxidation sites excluding steroid dienone is 1. The predicted molar refractivity (Wildman–Crippen MR) is 118 cm³/mol. The molecule has 0 aliphatic heterocycles. The number of ketones is 2. The number of aliphatic hydroxyl groups is 3. The maximum atomic E-state index is 13.5. The maximum absolute atomic E-state index is 13.5. The van der Waals surface area contributed by atoms with E-state index < -0.39 is 107 Å². The van der Waals surface area contributed by atoms with Gasteiger partial charge >= 0.3 is 11.9 Å². The minimum Gasteiger partial charge on any atom is -0.511 e. The molecule has 190 valence electrons.